The molecule has 0 heterocycles. The van der Waals surface area contributed by atoms with Crippen LogP contribution in [0.3, 0.4) is 0 Å². The van der Waals surface area contributed by atoms with Crippen molar-refractivity contribution in [2.24, 2.45) is 17.3 Å². The van der Waals surface area contributed by atoms with E-state index in [1.54, 1.807) is 6.07 Å². The van der Waals surface area contributed by atoms with Crippen molar-refractivity contribution in [3.05, 3.63) is 34.9 Å². The molecule has 4 heteroatoms. The first-order chi connectivity index (χ1) is 10.5. The lowest BCUT2D eigenvalue weighted by Gasteiger charge is -2.58. The molecule has 4 bridgehead atoms. The van der Waals surface area contributed by atoms with E-state index in [2.05, 4.69) is 0 Å². The summed E-state index contributed by atoms with van der Waals surface area (Å²) in [6.45, 7) is 0.216. The first-order valence-electron chi connectivity index (χ1n) is 8.11. The lowest BCUT2D eigenvalue weighted by atomic mass is 9.48. The average molecular weight is 321 g/mol. The summed E-state index contributed by atoms with van der Waals surface area (Å²) in [6, 6.07) is 7.44. The lowest BCUT2D eigenvalue weighted by molar-refractivity contribution is -0.197. The normalized spacial score (nSPS) is 39.0. The average Bonchev–Trinajstić information content (AvgIpc) is 2.43. The van der Waals surface area contributed by atoms with Crippen LogP contribution in [0.15, 0.2) is 24.3 Å². The number of hydrogen-bond acceptors (Lipinski definition) is 3. The van der Waals surface area contributed by atoms with E-state index < -0.39 is 11.0 Å². The van der Waals surface area contributed by atoms with Gasteiger partial charge in [0, 0.05) is 10.6 Å². The highest BCUT2D eigenvalue weighted by Crippen LogP contribution is 2.62. The molecule has 1 aromatic rings. The molecule has 4 aliphatic carbocycles. The Hall–Kier alpha value is -1.06. The van der Waals surface area contributed by atoms with Crippen molar-refractivity contribution in [2.45, 2.75) is 50.7 Å². The van der Waals surface area contributed by atoms with Crippen molar-refractivity contribution in [1.29, 1.82) is 0 Å². The molecular formula is C18H21ClO3. The van der Waals surface area contributed by atoms with Crippen molar-refractivity contribution in [3.63, 3.8) is 0 Å². The van der Waals surface area contributed by atoms with Crippen molar-refractivity contribution in [1.82, 2.24) is 0 Å². The quantitative estimate of drug-likeness (QED) is 0.863. The third-order valence-corrected chi connectivity index (χ3v) is 6.15. The van der Waals surface area contributed by atoms with Gasteiger partial charge in [-0.25, -0.2) is 0 Å². The maximum Gasteiger partial charge on any atom is 0.312 e. The first kappa shape index (κ1) is 14.5. The van der Waals surface area contributed by atoms with Crippen molar-refractivity contribution in [2.75, 3.05) is 0 Å². The molecule has 22 heavy (non-hydrogen) atoms. The van der Waals surface area contributed by atoms with E-state index in [0.717, 1.165) is 31.2 Å². The molecule has 0 aliphatic heterocycles. The van der Waals surface area contributed by atoms with E-state index in [1.165, 1.54) is 6.42 Å². The molecule has 5 rings (SSSR count). The van der Waals surface area contributed by atoms with Gasteiger partial charge in [-0.1, -0.05) is 29.8 Å². The zero-order valence-corrected chi connectivity index (χ0v) is 13.3. The van der Waals surface area contributed by atoms with Gasteiger partial charge in [-0.2, -0.15) is 0 Å². The molecule has 4 saturated carbocycles. The molecule has 1 N–H and O–H groups in total. The van der Waals surface area contributed by atoms with E-state index in [1.807, 2.05) is 18.2 Å². The van der Waals surface area contributed by atoms with Gasteiger partial charge in [0.15, 0.2) is 0 Å². The van der Waals surface area contributed by atoms with Gasteiger partial charge in [0.1, 0.15) is 6.61 Å². The van der Waals surface area contributed by atoms with E-state index in [9.17, 15) is 9.90 Å². The Balaban J connectivity index is 1.50. The zero-order valence-electron chi connectivity index (χ0n) is 12.6. The highest BCUT2D eigenvalue weighted by Gasteiger charge is 2.60. The van der Waals surface area contributed by atoms with Gasteiger partial charge in [0.25, 0.3) is 0 Å². The summed E-state index contributed by atoms with van der Waals surface area (Å²) in [5.41, 5.74) is -0.255. The van der Waals surface area contributed by atoms with Crippen LogP contribution in [0, 0.1) is 17.3 Å². The molecule has 0 spiro atoms. The number of hydrogen-bond donors (Lipinski definition) is 1. The number of carbonyl (C=O) groups excluding carboxylic acids is 1. The van der Waals surface area contributed by atoms with Gasteiger partial charge in [0.05, 0.1) is 11.0 Å². The van der Waals surface area contributed by atoms with E-state index in [-0.39, 0.29) is 12.6 Å². The summed E-state index contributed by atoms with van der Waals surface area (Å²) in [5.74, 6) is 0.832. The minimum Gasteiger partial charge on any atom is -0.460 e. The topological polar surface area (TPSA) is 46.5 Å². The molecule has 2 unspecified atom stereocenters. The van der Waals surface area contributed by atoms with Crippen LogP contribution >= 0.6 is 11.6 Å². The Labute approximate surface area is 135 Å². The van der Waals surface area contributed by atoms with Crippen LogP contribution in [0.4, 0.5) is 0 Å². The zero-order chi connectivity index (χ0) is 15.4. The summed E-state index contributed by atoms with van der Waals surface area (Å²) in [5, 5.41) is 11.3. The maximum absolute atomic E-state index is 12.7. The van der Waals surface area contributed by atoms with Crippen LogP contribution in [-0.2, 0) is 16.1 Å². The van der Waals surface area contributed by atoms with Crippen molar-refractivity contribution < 1.29 is 14.6 Å². The molecule has 0 saturated heterocycles. The molecule has 0 aromatic heterocycles. The smallest absolute Gasteiger partial charge is 0.312 e. The number of aliphatic hydroxyl groups is 1. The molecule has 0 radical (unpaired) electrons. The summed E-state index contributed by atoms with van der Waals surface area (Å²) < 4.78 is 5.60. The van der Waals surface area contributed by atoms with E-state index in [4.69, 9.17) is 16.3 Å². The van der Waals surface area contributed by atoms with E-state index >= 15 is 0 Å². The van der Waals surface area contributed by atoms with Gasteiger partial charge < -0.3 is 9.84 Å². The van der Waals surface area contributed by atoms with Crippen LogP contribution in [0.1, 0.15) is 44.1 Å². The predicted molar refractivity (Wildman–Crippen MR) is 83.3 cm³/mol. The summed E-state index contributed by atoms with van der Waals surface area (Å²) in [4.78, 5) is 12.7. The second kappa shape index (κ2) is 4.97. The monoisotopic (exact) mass is 320 g/mol. The SMILES string of the molecule is O=C(OCc1ccccc1Cl)C12C[C@@H]3C[C@@H](CC(O)(C3)C1)C2. The Bertz CT molecular complexity index is 598. The fourth-order valence-corrected chi connectivity index (χ4v) is 5.56. The lowest BCUT2D eigenvalue weighted by Crippen LogP contribution is -2.58. The number of benzene rings is 1. The highest BCUT2D eigenvalue weighted by atomic mass is 35.5. The first-order valence-corrected chi connectivity index (χ1v) is 8.49. The van der Waals surface area contributed by atoms with Gasteiger partial charge >= 0.3 is 5.97 Å². The summed E-state index contributed by atoms with van der Waals surface area (Å²) in [7, 11) is 0. The molecule has 1 aromatic carbocycles. The van der Waals surface area contributed by atoms with Crippen LogP contribution < -0.4 is 0 Å². The molecule has 0 amide bonds. The third-order valence-electron chi connectivity index (χ3n) is 5.78. The molecule has 4 fully saturated rings. The van der Waals surface area contributed by atoms with Gasteiger partial charge in [-0.05, 0) is 56.4 Å². The second-order valence-corrected chi connectivity index (χ2v) is 8.04. The van der Waals surface area contributed by atoms with Crippen LogP contribution in [0.2, 0.25) is 5.02 Å². The molecule has 4 aliphatic rings. The number of carbonyl (C=O) groups is 1. The minimum atomic E-state index is -0.631. The highest BCUT2D eigenvalue weighted by molar-refractivity contribution is 6.31. The number of halogens is 1. The fraction of sp³-hybridized carbons (Fsp3) is 0.611. The Morgan fingerprint density at radius 3 is 2.55 bits per heavy atom. The third kappa shape index (κ3) is 2.35. The molecule has 4 atom stereocenters. The fourth-order valence-electron chi connectivity index (χ4n) is 5.36. The van der Waals surface area contributed by atoms with E-state index in [0.29, 0.717) is 23.3 Å². The van der Waals surface area contributed by atoms with Gasteiger partial charge in [-0.15, -0.1) is 0 Å². The summed E-state index contributed by atoms with van der Waals surface area (Å²) >= 11 is 6.12. The molecule has 3 nitrogen and oxygen atoms in total. The van der Waals surface area contributed by atoms with Crippen LogP contribution in [-0.4, -0.2) is 16.7 Å². The van der Waals surface area contributed by atoms with Crippen LogP contribution in [0.25, 0.3) is 0 Å². The predicted octanol–water partition coefficient (Wildman–Crippen LogP) is 3.71. The van der Waals surface area contributed by atoms with Crippen molar-refractivity contribution >= 4 is 17.6 Å². The van der Waals surface area contributed by atoms with Gasteiger partial charge in [0.2, 0.25) is 0 Å². The number of esters is 1. The van der Waals surface area contributed by atoms with Gasteiger partial charge in [-0.3, -0.25) is 4.79 Å². The van der Waals surface area contributed by atoms with Crippen LogP contribution in [0.5, 0.6) is 0 Å². The number of rotatable bonds is 3. The minimum absolute atomic E-state index is 0.139. The molecule has 118 valence electrons. The number of ether oxygens (including phenoxy) is 1. The Morgan fingerprint density at radius 2 is 1.91 bits per heavy atom. The maximum atomic E-state index is 12.7. The molecular weight excluding hydrogens is 300 g/mol. The van der Waals surface area contributed by atoms with Crippen molar-refractivity contribution in [3.8, 4) is 0 Å². The Morgan fingerprint density at radius 1 is 1.23 bits per heavy atom. The summed E-state index contributed by atoms with van der Waals surface area (Å²) in [6.07, 6.45) is 5.24. The second-order valence-electron chi connectivity index (χ2n) is 7.63. The largest absolute Gasteiger partial charge is 0.460 e. The Kier molecular flexibility index (Phi) is 3.28. The standard InChI is InChI=1S/C18H21ClO3/c19-15-4-2-1-3-14(15)10-22-16(20)17-6-12-5-13(7-17)9-18(21,8-12)11-17/h1-4,12-13,21H,5-11H2/t12-,13+,17?,18?.